The molecule has 1 unspecified atom stereocenters. The van der Waals surface area contributed by atoms with Crippen molar-refractivity contribution >= 4 is 17.4 Å². The van der Waals surface area contributed by atoms with Gasteiger partial charge in [0, 0.05) is 12.6 Å². The van der Waals surface area contributed by atoms with Crippen LogP contribution in [-0.2, 0) is 4.79 Å². The summed E-state index contributed by atoms with van der Waals surface area (Å²) in [6, 6.07) is 3.09. The monoisotopic (exact) mass is 250 g/mol. The van der Waals surface area contributed by atoms with E-state index in [0.29, 0.717) is 17.4 Å². The molecule has 1 aromatic heterocycles. The average molecular weight is 250 g/mol. The summed E-state index contributed by atoms with van der Waals surface area (Å²) >= 11 is 0. The van der Waals surface area contributed by atoms with Gasteiger partial charge in [-0.2, -0.15) is 4.98 Å². The van der Waals surface area contributed by atoms with Crippen LogP contribution in [0.1, 0.15) is 19.3 Å². The van der Waals surface area contributed by atoms with Crippen molar-refractivity contribution in [3.63, 3.8) is 0 Å². The highest BCUT2D eigenvalue weighted by molar-refractivity contribution is 5.84. The lowest BCUT2D eigenvalue weighted by atomic mass is 10.0. The summed E-state index contributed by atoms with van der Waals surface area (Å²) in [6.45, 7) is 0.734. The first-order valence-corrected chi connectivity index (χ1v) is 6.00. The number of nitrogens with two attached hydrogens (primary N) is 2. The van der Waals surface area contributed by atoms with Gasteiger partial charge in [-0.05, 0) is 25.3 Å². The van der Waals surface area contributed by atoms with Crippen LogP contribution in [0.3, 0.4) is 0 Å². The molecule has 1 aliphatic rings. The predicted octanol–water partition coefficient (Wildman–Crippen LogP) is 0.517. The van der Waals surface area contributed by atoms with Gasteiger partial charge in [0.05, 0.1) is 12.8 Å². The molecule has 4 N–H and O–H groups in total. The number of methoxy groups -OCH3 is 1. The maximum absolute atomic E-state index is 11.5. The maximum Gasteiger partial charge on any atom is 0.240 e. The summed E-state index contributed by atoms with van der Waals surface area (Å²) in [5.74, 6) is 0.726. The largest absolute Gasteiger partial charge is 0.481 e. The van der Waals surface area contributed by atoms with E-state index in [9.17, 15) is 4.79 Å². The molecule has 98 valence electrons. The minimum Gasteiger partial charge on any atom is -0.481 e. The highest BCUT2D eigenvalue weighted by Gasteiger charge is 2.29. The Balaban J connectivity index is 2.35. The number of rotatable bonds is 3. The molecule has 1 saturated heterocycles. The van der Waals surface area contributed by atoms with Gasteiger partial charge < -0.3 is 21.1 Å². The molecule has 0 aromatic carbocycles. The van der Waals surface area contributed by atoms with E-state index in [1.807, 2.05) is 4.90 Å². The lowest BCUT2D eigenvalue weighted by Crippen LogP contribution is -2.48. The van der Waals surface area contributed by atoms with E-state index in [2.05, 4.69) is 4.98 Å². The summed E-state index contributed by atoms with van der Waals surface area (Å²) in [5, 5.41) is 0. The van der Waals surface area contributed by atoms with Crippen molar-refractivity contribution in [2.45, 2.75) is 25.3 Å². The standard InChI is InChI=1S/C12H18N4O2/c1-18-10-6-5-8(13)12(15-10)16-7-3-2-4-9(16)11(14)17/h5-6,9H,2-4,7,13H2,1H3,(H2,14,17). The molecule has 18 heavy (non-hydrogen) atoms. The molecule has 1 aromatic rings. The molecule has 0 bridgehead atoms. The first-order chi connectivity index (χ1) is 8.63. The topological polar surface area (TPSA) is 94.5 Å². The number of hydrogen-bond acceptors (Lipinski definition) is 5. The number of hydrogen-bond donors (Lipinski definition) is 2. The van der Waals surface area contributed by atoms with Crippen LogP contribution in [-0.4, -0.2) is 30.6 Å². The third-order valence-electron chi connectivity index (χ3n) is 3.19. The average Bonchev–Trinajstić information content (AvgIpc) is 2.39. The number of ether oxygens (including phenoxy) is 1. The highest BCUT2D eigenvalue weighted by atomic mass is 16.5. The van der Waals surface area contributed by atoms with Crippen LogP contribution < -0.4 is 21.1 Å². The zero-order valence-corrected chi connectivity index (χ0v) is 10.4. The van der Waals surface area contributed by atoms with Gasteiger partial charge in [0.2, 0.25) is 11.8 Å². The zero-order chi connectivity index (χ0) is 13.1. The third-order valence-corrected chi connectivity index (χ3v) is 3.19. The Morgan fingerprint density at radius 3 is 2.94 bits per heavy atom. The van der Waals surface area contributed by atoms with Crippen LogP contribution in [0.5, 0.6) is 5.88 Å². The van der Waals surface area contributed by atoms with Gasteiger partial charge in [0.25, 0.3) is 0 Å². The molecule has 0 spiro atoms. The van der Waals surface area contributed by atoms with Gasteiger partial charge >= 0.3 is 0 Å². The lowest BCUT2D eigenvalue weighted by Gasteiger charge is -2.35. The zero-order valence-electron chi connectivity index (χ0n) is 10.4. The summed E-state index contributed by atoms with van der Waals surface area (Å²) in [6.07, 6.45) is 2.74. The maximum atomic E-state index is 11.5. The Labute approximate surface area is 106 Å². The number of piperidine rings is 1. The first-order valence-electron chi connectivity index (χ1n) is 6.00. The van der Waals surface area contributed by atoms with Gasteiger partial charge in [-0.25, -0.2) is 0 Å². The molecule has 2 heterocycles. The number of anilines is 2. The van der Waals surface area contributed by atoms with Crippen molar-refractivity contribution in [3.05, 3.63) is 12.1 Å². The number of carbonyl (C=O) groups is 1. The van der Waals surface area contributed by atoms with Crippen molar-refractivity contribution in [1.82, 2.24) is 4.98 Å². The van der Waals surface area contributed by atoms with Crippen LogP contribution in [0.2, 0.25) is 0 Å². The second kappa shape index (κ2) is 5.12. The van der Waals surface area contributed by atoms with Crippen LogP contribution in [0.25, 0.3) is 0 Å². The van der Waals surface area contributed by atoms with Crippen molar-refractivity contribution in [2.24, 2.45) is 5.73 Å². The minimum atomic E-state index is -0.335. The fraction of sp³-hybridized carbons (Fsp3) is 0.500. The molecule has 0 radical (unpaired) electrons. The minimum absolute atomic E-state index is 0.333. The fourth-order valence-electron chi connectivity index (χ4n) is 2.27. The lowest BCUT2D eigenvalue weighted by molar-refractivity contribution is -0.119. The Kier molecular flexibility index (Phi) is 3.55. The number of aromatic nitrogens is 1. The van der Waals surface area contributed by atoms with Crippen molar-refractivity contribution in [1.29, 1.82) is 0 Å². The number of carbonyl (C=O) groups excluding carboxylic acids is 1. The Bertz CT molecular complexity index is 450. The normalized spacial score (nSPS) is 19.6. The van der Waals surface area contributed by atoms with Gasteiger partial charge in [-0.1, -0.05) is 0 Å². The quantitative estimate of drug-likeness (QED) is 0.815. The second-order valence-electron chi connectivity index (χ2n) is 4.37. The molecule has 6 nitrogen and oxygen atoms in total. The van der Waals surface area contributed by atoms with E-state index in [-0.39, 0.29) is 11.9 Å². The van der Waals surface area contributed by atoms with Crippen LogP contribution >= 0.6 is 0 Å². The first kappa shape index (κ1) is 12.5. The smallest absolute Gasteiger partial charge is 0.240 e. The van der Waals surface area contributed by atoms with Gasteiger partial charge in [0.15, 0.2) is 5.82 Å². The molecule has 1 atom stereocenters. The van der Waals surface area contributed by atoms with E-state index in [4.69, 9.17) is 16.2 Å². The number of nitrogens with zero attached hydrogens (tertiary/aromatic N) is 2. The van der Waals surface area contributed by atoms with Gasteiger partial charge in [-0.3, -0.25) is 4.79 Å². The number of nitrogen functional groups attached to an aromatic ring is 1. The Morgan fingerprint density at radius 2 is 2.28 bits per heavy atom. The molecule has 1 fully saturated rings. The van der Waals surface area contributed by atoms with Crippen molar-refractivity contribution in [3.8, 4) is 5.88 Å². The fourth-order valence-corrected chi connectivity index (χ4v) is 2.27. The summed E-state index contributed by atoms with van der Waals surface area (Å²) < 4.78 is 5.09. The van der Waals surface area contributed by atoms with Crippen molar-refractivity contribution < 1.29 is 9.53 Å². The predicted molar refractivity (Wildman–Crippen MR) is 69.4 cm³/mol. The van der Waals surface area contributed by atoms with E-state index in [1.165, 1.54) is 0 Å². The molecule has 6 heteroatoms. The Morgan fingerprint density at radius 1 is 1.50 bits per heavy atom. The van der Waals surface area contributed by atoms with Crippen molar-refractivity contribution in [2.75, 3.05) is 24.3 Å². The molecular weight excluding hydrogens is 232 g/mol. The highest BCUT2D eigenvalue weighted by Crippen LogP contribution is 2.29. The molecule has 1 aliphatic heterocycles. The van der Waals surface area contributed by atoms with E-state index in [1.54, 1.807) is 19.2 Å². The summed E-state index contributed by atoms with van der Waals surface area (Å²) in [4.78, 5) is 17.7. The summed E-state index contributed by atoms with van der Waals surface area (Å²) in [5.41, 5.74) is 11.9. The molecule has 0 aliphatic carbocycles. The van der Waals surface area contributed by atoms with E-state index < -0.39 is 0 Å². The Hall–Kier alpha value is -1.98. The molecule has 2 rings (SSSR count). The molecular formula is C12H18N4O2. The van der Waals surface area contributed by atoms with E-state index >= 15 is 0 Å². The second-order valence-corrected chi connectivity index (χ2v) is 4.37. The third kappa shape index (κ3) is 2.32. The molecule has 0 saturated carbocycles. The van der Waals surface area contributed by atoms with Crippen LogP contribution in [0.4, 0.5) is 11.5 Å². The van der Waals surface area contributed by atoms with E-state index in [0.717, 1.165) is 25.8 Å². The number of pyridine rings is 1. The summed E-state index contributed by atoms with van der Waals surface area (Å²) in [7, 11) is 1.55. The van der Waals surface area contributed by atoms with Crippen LogP contribution in [0, 0.1) is 0 Å². The van der Waals surface area contributed by atoms with Gasteiger partial charge in [0.1, 0.15) is 6.04 Å². The van der Waals surface area contributed by atoms with Crippen LogP contribution in [0.15, 0.2) is 12.1 Å². The van der Waals surface area contributed by atoms with Gasteiger partial charge in [-0.15, -0.1) is 0 Å². The molecule has 1 amide bonds. The number of primary amides is 1. The SMILES string of the molecule is COc1ccc(N)c(N2CCCCC2C(N)=O)n1. The number of amides is 1.